The molecule has 0 saturated heterocycles. The Bertz CT molecular complexity index is 386. The zero-order chi connectivity index (χ0) is 15.1. The fraction of sp³-hybridized carbons (Fsp3) is 0.875. The molecule has 0 aliphatic heterocycles. The van der Waals surface area contributed by atoms with Crippen LogP contribution in [0.1, 0.15) is 6.42 Å². The minimum Gasteiger partial charge on any atom is -0.469 e. The second-order valence-electron chi connectivity index (χ2n) is 3.34. The number of nitrogens with one attached hydrogen (secondary N) is 1. The Hall–Kier alpha value is -0.520. The first kappa shape index (κ1) is 18.5. The number of alkyl halides is 3. The lowest BCUT2D eigenvalue weighted by Crippen LogP contribution is -2.40. The van der Waals surface area contributed by atoms with E-state index in [0.29, 0.717) is 0 Å². The van der Waals surface area contributed by atoms with Gasteiger partial charge < -0.3 is 4.74 Å². The quantitative estimate of drug-likeness (QED) is 0.522. The van der Waals surface area contributed by atoms with Crippen LogP contribution in [0.25, 0.3) is 0 Å². The molecule has 0 rings (SSSR count). The lowest BCUT2D eigenvalue weighted by molar-refractivity contribution is -0.140. The average molecular weight is 324 g/mol. The van der Waals surface area contributed by atoms with Crippen LogP contribution in [0.2, 0.25) is 0 Å². The van der Waals surface area contributed by atoms with Gasteiger partial charge in [0.2, 0.25) is 0 Å². The van der Waals surface area contributed by atoms with Crippen LogP contribution in [0.4, 0.5) is 13.2 Å². The standard InChI is InChI=1S/C8H15F3N2O4S2/c1-13(5-3-7(14)17-2)19(15,16)12-4-6-18-8(9,10)11/h12H,3-6H2,1-2H3. The molecule has 0 aliphatic rings. The summed E-state index contributed by atoms with van der Waals surface area (Å²) >= 11 is -0.312. The van der Waals surface area contributed by atoms with Crippen molar-refractivity contribution in [3.05, 3.63) is 0 Å². The largest absolute Gasteiger partial charge is 0.469 e. The van der Waals surface area contributed by atoms with E-state index in [9.17, 15) is 26.4 Å². The van der Waals surface area contributed by atoms with Gasteiger partial charge in [-0.15, -0.1) is 0 Å². The number of ether oxygens (including phenoxy) is 1. The number of carbonyl (C=O) groups is 1. The van der Waals surface area contributed by atoms with Crippen molar-refractivity contribution in [2.75, 3.05) is 33.0 Å². The van der Waals surface area contributed by atoms with Crippen molar-refractivity contribution >= 4 is 27.9 Å². The normalized spacial score (nSPS) is 12.7. The van der Waals surface area contributed by atoms with Crippen molar-refractivity contribution in [2.45, 2.75) is 11.9 Å². The summed E-state index contributed by atoms with van der Waals surface area (Å²) in [7, 11) is -1.51. The predicted molar refractivity (Wildman–Crippen MR) is 64.7 cm³/mol. The van der Waals surface area contributed by atoms with Crippen molar-refractivity contribution in [3.63, 3.8) is 0 Å². The maximum atomic E-state index is 11.8. The van der Waals surface area contributed by atoms with E-state index in [1.165, 1.54) is 14.2 Å². The Kier molecular flexibility index (Phi) is 7.71. The number of rotatable bonds is 8. The molecule has 0 fully saturated rings. The van der Waals surface area contributed by atoms with E-state index in [-0.39, 0.29) is 31.3 Å². The van der Waals surface area contributed by atoms with E-state index in [0.717, 1.165) is 4.31 Å². The highest BCUT2D eigenvalue weighted by Gasteiger charge is 2.28. The van der Waals surface area contributed by atoms with Crippen LogP contribution in [-0.4, -0.2) is 57.2 Å². The second-order valence-corrected chi connectivity index (χ2v) is 6.36. The number of esters is 1. The molecule has 0 aliphatic carbocycles. The molecule has 0 saturated carbocycles. The molecule has 0 heterocycles. The molecule has 0 unspecified atom stereocenters. The summed E-state index contributed by atoms with van der Waals surface area (Å²) in [4.78, 5) is 10.8. The van der Waals surface area contributed by atoms with Crippen LogP contribution in [0.15, 0.2) is 0 Å². The molecule has 0 aromatic rings. The Balaban J connectivity index is 4.06. The molecule has 6 nitrogen and oxygen atoms in total. The molecule has 11 heteroatoms. The zero-order valence-electron chi connectivity index (χ0n) is 10.4. The Morgan fingerprint density at radius 3 is 2.47 bits per heavy atom. The third kappa shape index (κ3) is 9.08. The van der Waals surface area contributed by atoms with E-state index in [2.05, 4.69) is 4.74 Å². The maximum absolute atomic E-state index is 11.8. The van der Waals surface area contributed by atoms with Gasteiger partial charge in [-0.2, -0.15) is 25.9 Å². The van der Waals surface area contributed by atoms with Crippen LogP contribution in [0, 0.1) is 0 Å². The van der Waals surface area contributed by atoms with Gasteiger partial charge in [0.1, 0.15) is 0 Å². The molecule has 0 atom stereocenters. The highest BCUT2D eigenvalue weighted by atomic mass is 32.2. The van der Waals surface area contributed by atoms with Crippen LogP contribution in [0.3, 0.4) is 0 Å². The van der Waals surface area contributed by atoms with Gasteiger partial charge in [-0.3, -0.25) is 4.79 Å². The second kappa shape index (κ2) is 7.92. The number of hydrogen-bond acceptors (Lipinski definition) is 5. The van der Waals surface area contributed by atoms with Gasteiger partial charge in [-0.25, -0.2) is 4.72 Å². The van der Waals surface area contributed by atoms with Crippen molar-refractivity contribution in [1.82, 2.24) is 9.03 Å². The molecule has 1 N–H and O–H groups in total. The van der Waals surface area contributed by atoms with Crippen molar-refractivity contribution < 1.29 is 31.1 Å². The highest BCUT2D eigenvalue weighted by molar-refractivity contribution is 8.00. The molecular weight excluding hydrogens is 309 g/mol. The first-order valence-electron chi connectivity index (χ1n) is 5.07. The summed E-state index contributed by atoms with van der Waals surface area (Å²) in [6.07, 6.45) is -0.134. The van der Waals surface area contributed by atoms with E-state index in [1.54, 1.807) is 0 Å². The topological polar surface area (TPSA) is 75.7 Å². The maximum Gasteiger partial charge on any atom is 0.441 e. The monoisotopic (exact) mass is 324 g/mol. The first-order chi connectivity index (χ1) is 8.58. The number of thioether (sulfide) groups is 1. The third-order valence-electron chi connectivity index (χ3n) is 1.92. The molecule has 0 aromatic heterocycles. The summed E-state index contributed by atoms with van der Waals surface area (Å²) in [6, 6.07) is 0. The SMILES string of the molecule is COC(=O)CCN(C)S(=O)(=O)NCCSC(F)(F)F. The van der Waals surface area contributed by atoms with Gasteiger partial charge in [-0.1, -0.05) is 0 Å². The molecule has 0 spiro atoms. The van der Waals surface area contributed by atoms with E-state index in [1.807, 2.05) is 4.72 Å². The summed E-state index contributed by atoms with van der Waals surface area (Å²) in [6.45, 7) is -0.469. The highest BCUT2D eigenvalue weighted by Crippen LogP contribution is 2.29. The molecule has 0 aromatic carbocycles. The van der Waals surface area contributed by atoms with Gasteiger partial charge in [0.05, 0.1) is 13.5 Å². The van der Waals surface area contributed by atoms with Crippen LogP contribution in [0.5, 0.6) is 0 Å². The molecule has 0 radical (unpaired) electrons. The smallest absolute Gasteiger partial charge is 0.441 e. The lowest BCUT2D eigenvalue weighted by Gasteiger charge is -2.17. The molecule has 0 bridgehead atoms. The van der Waals surface area contributed by atoms with Gasteiger partial charge in [0, 0.05) is 25.9 Å². The first-order valence-corrected chi connectivity index (χ1v) is 7.49. The molecule has 19 heavy (non-hydrogen) atoms. The third-order valence-corrected chi connectivity index (χ3v) is 4.23. The van der Waals surface area contributed by atoms with Crippen molar-refractivity contribution in [3.8, 4) is 0 Å². The van der Waals surface area contributed by atoms with Crippen LogP contribution in [-0.2, 0) is 19.7 Å². The fourth-order valence-corrected chi connectivity index (χ4v) is 2.40. The van der Waals surface area contributed by atoms with Gasteiger partial charge in [-0.05, 0) is 11.8 Å². The zero-order valence-corrected chi connectivity index (χ0v) is 12.0. The predicted octanol–water partition coefficient (Wildman–Crippen LogP) is 0.569. The number of methoxy groups -OCH3 is 1. The Labute approximate surface area is 113 Å². The Morgan fingerprint density at radius 1 is 1.42 bits per heavy atom. The van der Waals surface area contributed by atoms with E-state index < -0.39 is 27.4 Å². The number of nitrogens with zero attached hydrogens (tertiary/aromatic N) is 1. The lowest BCUT2D eigenvalue weighted by atomic mass is 10.4. The molecular formula is C8H15F3N2O4S2. The van der Waals surface area contributed by atoms with Crippen LogP contribution >= 0.6 is 11.8 Å². The average Bonchev–Trinajstić information content (AvgIpc) is 2.29. The van der Waals surface area contributed by atoms with Gasteiger partial charge in [0.15, 0.2) is 0 Å². The summed E-state index contributed by atoms with van der Waals surface area (Å²) < 4.78 is 65.6. The van der Waals surface area contributed by atoms with E-state index in [4.69, 9.17) is 0 Å². The number of halogens is 3. The van der Waals surface area contributed by atoms with E-state index >= 15 is 0 Å². The van der Waals surface area contributed by atoms with Crippen molar-refractivity contribution in [2.24, 2.45) is 0 Å². The minimum absolute atomic E-state index is 0.117. The summed E-state index contributed by atoms with van der Waals surface area (Å²) in [5, 5.41) is 0. The number of hydrogen-bond donors (Lipinski definition) is 1. The summed E-state index contributed by atoms with van der Waals surface area (Å²) in [5.74, 6) is -0.997. The van der Waals surface area contributed by atoms with Gasteiger partial charge >= 0.3 is 11.5 Å². The summed E-state index contributed by atoms with van der Waals surface area (Å²) in [5.41, 5.74) is -4.39. The van der Waals surface area contributed by atoms with Gasteiger partial charge in [0.25, 0.3) is 10.2 Å². The molecule has 114 valence electrons. The number of carbonyl (C=O) groups excluding carboxylic acids is 1. The van der Waals surface area contributed by atoms with Crippen LogP contribution < -0.4 is 4.72 Å². The van der Waals surface area contributed by atoms with Crippen molar-refractivity contribution in [1.29, 1.82) is 0 Å². The minimum atomic E-state index is -4.39. The fourth-order valence-electron chi connectivity index (χ4n) is 0.919. The molecule has 0 amide bonds. The Morgan fingerprint density at radius 2 is 2.00 bits per heavy atom.